The number of amides is 1. The first-order valence-electron chi connectivity index (χ1n) is 8.12. The molecule has 2 rings (SSSR count). The number of ether oxygens (including phenoxy) is 1. The maximum atomic E-state index is 12.3. The van der Waals surface area contributed by atoms with Gasteiger partial charge in [0.05, 0.1) is 11.5 Å². The van der Waals surface area contributed by atoms with Crippen LogP contribution in [-0.4, -0.2) is 36.6 Å². The molecule has 2 aromatic carbocycles. The van der Waals surface area contributed by atoms with E-state index >= 15 is 0 Å². The van der Waals surface area contributed by atoms with Crippen molar-refractivity contribution < 1.29 is 14.5 Å². The largest absolute Gasteiger partial charge is 0.487 e. The van der Waals surface area contributed by atoms with E-state index in [1.165, 1.54) is 12.1 Å². The van der Waals surface area contributed by atoms with Crippen molar-refractivity contribution in [1.82, 2.24) is 5.32 Å². The average molecular weight is 388 g/mol. The smallest absolute Gasteiger partial charge is 0.311 e. The number of anilines is 2. The second kappa shape index (κ2) is 8.95. The van der Waals surface area contributed by atoms with E-state index < -0.39 is 10.8 Å². The lowest BCUT2D eigenvalue weighted by atomic mass is 10.1. The zero-order valence-corrected chi connectivity index (χ0v) is 16.0. The number of nitro groups is 1. The van der Waals surface area contributed by atoms with Crippen LogP contribution in [0.15, 0.2) is 42.5 Å². The van der Waals surface area contributed by atoms with Crippen LogP contribution in [0.2, 0.25) is 0 Å². The van der Waals surface area contributed by atoms with Crippen molar-refractivity contribution in [3.8, 4) is 5.75 Å². The lowest BCUT2D eigenvalue weighted by Crippen LogP contribution is -2.34. The monoisotopic (exact) mass is 388 g/mol. The Bertz CT molecular complexity index is 853. The van der Waals surface area contributed by atoms with Gasteiger partial charge in [-0.3, -0.25) is 20.2 Å². The summed E-state index contributed by atoms with van der Waals surface area (Å²) in [7, 11) is 3.87. The van der Waals surface area contributed by atoms with Gasteiger partial charge in [0.25, 0.3) is 5.91 Å². The van der Waals surface area contributed by atoms with Gasteiger partial charge in [-0.05, 0) is 55.5 Å². The van der Waals surface area contributed by atoms with Gasteiger partial charge in [-0.15, -0.1) is 0 Å². The molecule has 0 heterocycles. The fourth-order valence-electron chi connectivity index (χ4n) is 2.26. The Labute approximate surface area is 162 Å². The Hall–Kier alpha value is -3.20. The molecule has 0 atom stereocenters. The molecule has 0 radical (unpaired) electrons. The van der Waals surface area contributed by atoms with Crippen molar-refractivity contribution in [2.45, 2.75) is 6.92 Å². The molecular weight excluding hydrogens is 368 g/mol. The molecule has 0 saturated carbocycles. The van der Waals surface area contributed by atoms with Crippen molar-refractivity contribution in [1.29, 1.82) is 0 Å². The van der Waals surface area contributed by atoms with E-state index in [9.17, 15) is 14.9 Å². The highest BCUT2D eigenvalue weighted by Crippen LogP contribution is 2.28. The number of hydrogen-bond acceptors (Lipinski definition) is 6. The van der Waals surface area contributed by atoms with Crippen LogP contribution < -0.4 is 20.3 Å². The summed E-state index contributed by atoms with van der Waals surface area (Å²) >= 11 is 5.14. The maximum Gasteiger partial charge on any atom is 0.311 e. The van der Waals surface area contributed by atoms with Gasteiger partial charge in [0, 0.05) is 37.1 Å². The SMILES string of the molecule is CCOc1ccc(C(=O)NC(=S)Nc2ccc(N(C)C)cc2)cc1[N+](=O)[O-]. The van der Waals surface area contributed by atoms with Crippen molar-refractivity contribution >= 4 is 40.3 Å². The molecule has 0 saturated heterocycles. The third-order valence-electron chi connectivity index (χ3n) is 3.59. The van der Waals surface area contributed by atoms with Crippen LogP contribution in [-0.2, 0) is 0 Å². The summed E-state index contributed by atoms with van der Waals surface area (Å²) in [5.41, 5.74) is 1.57. The summed E-state index contributed by atoms with van der Waals surface area (Å²) < 4.78 is 5.20. The van der Waals surface area contributed by atoms with Crippen LogP contribution in [0.4, 0.5) is 17.1 Å². The maximum absolute atomic E-state index is 12.3. The van der Waals surface area contributed by atoms with E-state index in [4.69, 9.17) is 17.0 Å². The normalized spacial score (nSPS) is 10.0. The number of benzene rings is 2. The molecule has 8 nitrogen and oxygen atoms in total. The first kappa shape index (κ1) is 20.1. The molecule has 27 heavy (non-hydrogen) atoms. The summed E-state index contributed by atoms with van der Waals surface area (Å²) in [6.07, 6.45) is 0. The molecule has 2 N–H and O–H groups in total. The number of nitro benzene ring substituents is 1. The zero-order valence-electron chi connectivity index (χ0n) is 15.2. The van der Waals surface area contributed by atoms with Gasteiger partial charge >= 0.3 is 5.69 Å². The molecule has 0 aliphatic rings. The van der Waals surface area contributed by atoms with Crippen molar-refractivity contribution in [3.05, 3.63) is 58.1 Å². The molecule has 0 spiro atoms. The number of carbonyl (C=O) groups is 1. The minimum absolute atomic E-state index is 0.0918. The van der Waals surface area contributed by atoms with Gasteiger partial charge in [-0.2, -0.15) is 0 Å². The number of thiocarbonyl (C=S) groups is 1. The number of rotatable bonds is 6. The van der Waals surface area contributed by atoms with Crippen LogP contribution in [0.3, 0.4) is 0 Å². The minimum Gasteiger partial charge on any atom is -0.487 e. The van der Waals surface area contributed by atoms with Gasteiger partial charge in [-0.1, -0.05) is 0 Å². The molecule has 1 amide bonds. The lowest BCUT2D eigenvalue weighted by Gasteiger charge is -2.14. The fraction of sp³-hybridized carbons (Fsp3) is 0.222. The first-order valence-corrected chi connectivity index (χ1v) is 8.53. The van der Waals surface area contributed by atoms with E-state index in [0.717, 1.165) is 11.8 Å². The van der Waals surface area contributed by atoms with Crippen LogP contribution >= 0.6 is 12.2 Å². The van der Waals surface area contributed by atoms with Gasteiger partial charge in [0.15, 0.2) is 10.9 Å². The summed E-state index contributed by atoms with van der Waals surface area (Å²) in [5, 5.41) is 16.7. The van der Waals surface area contributed by atoms with Crippen molar-refractivity contribution in [3.63, 3.8) is 0 Å². The highest BCUT2D eigenvalue weighted by atomic mass is 32.1. The molecule has 0 fully saturated rings. The highest BCUT2D eigenvalue weighted by Gasteiger charge is 2.19. The molecule has 0 unspecified atom stereocenters. The number of carbonyl (C=O) groups excluding carboxylic acids is 1. The Kier molecular flexibility index (Phi) is 6.67. The predicted octanol–water partition coefficient (Wildman–Crippen LogP) is 3.19. The Morgan fingerprint density at radius 3 is 2.44 bits per heavy atom. The molecule has 0 aliphatic heterocycles. The predicted molar refractivity (Wildman–Crippen MR) is 109 cm³/mol. The molecule has 0 aromatic heterocycles. The summed E-state index contributed by atoms with van der Waals surface area (Å²) in [5.74, 6) is -0.440. The molecule has 142 valence electrons. The third kappa shape index (κ3) is 5.38. The van der Waals surface area contributed by atoms with Gasteiger partial charge in [-0.25, -0.2) is 0 Å². The van der Waals surface area contributed by atoms with E-state index in [2.05, 4.69) is 10.6 Å². The van der Waals surface area contributed by atoms with Gasteiger partial charge in [0.1, 0.15) is 0 Å². The van der Waals surface area contributed by atoms with Gasteiger partial charge in [0.2, 0.25) is 0 Å². The van der Waals surface area contributed by atoms with Crippen LogP contribution in [0, 0.1) is 10.1 Å². The van der Waals surface area contributed by atoms with Gasteiger partial charge < -0.3 is 15.0 Å². The standard InChI is InChI=1S/C18H20N4O4S/c1-4-26-16-10-5-12(11-15(16)22(24)25)17(23)20-18(27)19-13-6-8-14(9-7-13)21(2)3/h5-11H,4H2,1-3H3,(H2,19,20,23,27). The summed E-state index contributed by atoms with van der Waals surface area (Å²) in [4.78, 5) is 24.9. The number of nitrogens with one attached hydrogen (secondary N) is 2. The highest BCUT2D eigenvalue weighted by molar-refractivity contribution is 7.80. The van der Waals surface area contributed by atoms with E-state index in [1.807, 2.05) is 43.3 Å². The van der Waals surface area contributed by atoms with E-state index in [0.29, 0.717) is 5.69 Å². The molecule has 0 bridgehead atoms. The van der Waals surface area contributed by atoms with E-state index in [-0.39, 0.29) is 28.7 Å². The number of nitrogens with zero attached hydrogens (tertiary/aromatic N) is 2. The summed E-state index contributed by atoms with van der Waals surface area (Å²) in [6, 6.07) is 11.5. The van der Waals surface area contributed by atoms with Crippen LogP contribution in [0.5, 0.6) is 5.75 Å². The van der Waals surface area contributed by atoms with Crippen molar-refractivity contribution in [2.75, 3.05) is 30.9 Å². The van der Waals surface area contributed by atoms with Crippen LogP contribution in [0.25, 0.3) is 0 Å². The lowest BCUT2D eigenvalue weighted by molar-refractivity contribution is -0.385. The number of hydrogen-bond donors (Lipinski definition) is 2. The first-order chi connectivity index (χ1) is 12.8. The quantitative estimate of drug-likeness (QED) is 0.446. The fourth-order valence-corrected chi connectivity index (χ4v) is 2.47. The Morgan fingerprint density at radius 2 is 1.89 bits per heavy atom. The third-order valence-corrected chi connectivity index (χ3v) is 3.79. The molecule has 0 aliphatic carbocycles. The topological polar surface area (TPSA) is 96.7 Å². The zero-order chi connectivity index (χ0) is 20.0. The second-order valence-electron chi connectivity index (χ2n) is 5.72. The molecule has 2 aromatic rings. The van der Waals surface area contributed by atoms with Crippen LogP contribution in [0.1, 0.15) is 17.3 Å². The second-order valence-corrected chi connectivity index (χ2v) is 6.13. The average Bonchev–Trinajstić information content (AvgIpc) is 2.62. The Balaban J connectivity index is 2.06. The molecule has 9 heteroatoms. The molecular formula is C18H20N4O4S. The minimum atomic E-state index is -0.593. The summed E-state index contributed by atoms with van der Waals surface area (Å²) in [6.45, 7) is 2.01. The Morgan fingerprint density at radius 1 is 1.22 bits per heavy atom. The van der Waals surface area contributed by atoms with E-state index in [1.54, 1.807) is 6.92 Å². The van der Waals surface area contributed by atoms with Crippen molar-refractivity contribution in [2.24, 2.45) is 0 Å².